The van der Waals surface area contributed by atoms with Gasteiger partial charge in [0.1, 0.15) is 0 Å². The van der Waals surface area contributed by atoms with Crippen LogP contribution in [-0.4, -0.2) is 51.1 Å². The Bertz CT molecular complexity index is 778. The van der Waals surface area contributed by atoms with Gasteiger partial charge in [-0.05, 0) is 23.8 Å². The van der Waals surface area contributed by atoms with Crippen molar-refractivity contribution in [3.05, 3.63) is 54.1 Å². The standard InChI is InChI=1S/C17H19N5O2/c1-3-14(12-22-6-2-5-18-22)11-15(4-1)17-19-16(20-24-17)13-21-7-9-23-10-8-21/h1-6,11H,7-10,12-13H2. The van der Waals surface area contributed by atoms with Crippen molar-refractivity contribution in [1.29, 1.82) is 0 Å². The van der Waals surface area contributed by atoms with Crippen molar-refractivity contribution in [2.45, 2.75) is 13.1 Å². The molecule has 4 rings (SSSR count). The molecule has 7 nitrogen and oxygen atoms in total. The van der Waals surface area contributed by atoms with Crippen molar-refractivity contribution in [1.82, 2.24) is 24.8 Å². The van der Waals surface area contributed by atoms with Crippen LogP contribution in [0.3, 0.4) is 0 Å². The number of benzene rings is 1. The first-order chi connectivity index (χ1) is 11.9. The van der Waals surface area contributed by atoms with Gasteiger partial charge < -0.3 is 9.26 Å². The molecule has 3 heterocycles. The molecule has 1 saturated heterocycles. The topological polar surface area (TPSA) is 69.2 Å². The highest BCUT2D eigenvalue weighted by atomic mass is 16.5. The summed E-state index contributed by atoms with van der Waals surface area (Å²) in [4.78, 5) is 6.80. The fourth-order valence-corrected chi connectivity index (χ4v) is 2.78. The van der Waals surface area contributed by atoms with Crippen LogP contribution in [0.25, 0.3) is 11.5 Å². The van der Waals surface area contributed by atoms with Crippen molar-refractivity contribution in [2.75, 3.05) is 26.3 Å². The maximum Gasteiger partial charge on any atom is 0.257 e. The van der Waals surface area contributed by atoms with Crippen LogP contribution < -0.4 is 0 Å². The number of hydrogen-bond donors (Lipinski definition) is 0. The second-order valence-corrected chi connectivity index (χ2v) is 5.81. The molecule has 0 N–H and O–H groups in total. The van der Waals surface area contributed by atoms with E-state index in [2.05, 4.69) is 32.3 Å². The molecular formula is C17H19N5O2. The SMILES string of the molecule is c1cc(Cn2cccn2)cc(-c2nc(CN3CCOCC3)no2)c1. The summed E-state index contributed by atoms with van der Waals surface area (Å²) in [5.74, 6) is 1.27. The third-order valence-electron chi connectivity index (χ3n) is 4.01. The van der Waals surface area contributed by atoms with E-state index in [0.717, 1.165) is 44.0 Å². The fraction of sp³-hybridized carbons (Fsp3) is 0.353. The summed E-state index contributed by atoms with van der Waals surface area (Å²) in [7, 11) is 0. The third-order valence-corrected chi connectivity index (χ3v) is 4.01. The molecule has 0 unspecified atom stereocenters. The van der Waals surface area contributed by atoms with Gasteiger partial charge in [0, 0.05) is 31.0 Å². The minimum absolute atomic E-state index is 0.556. The Morgan fingerprint density at radius 3 is 2.83 bits per heavy atom. The molecule has 0 bridgehead atoms. The van der Waals surface area contributed by atoms with E-state index < -0.39 is 0 Å². The normalized spacial score (nSPS) is 15.7. The lowest BCUT2D eigenvalue weighted by molar-refractivity contribution is 0.0327. The number of rotatable bonds is 5. The van der Waals surface area contributed by atoms with Crippen LogP contribution in [0.15, 0.2) is 47.2 Å². The van der Waals surface area contributed by atoms with Gasteiger partial charge in [0.05, 0.1) is 26.3 Å². The molecular weight excluding hydrogens is 306 g/mol. The number of ether oxygens (including phenoxy) is 1. The van der Waals surface area contributed by atoms with Crippen LogP contribution in [0.4, 0.5) is 0 Å². The molecule has 0 aliphatic carbocycles. The van der Waals surface area contributed by atoms with Gasteiger partial charge in [-0.1, -0.05) is 17.3 Å². The Labute approximate surface area is 139 Å². The number of morpholine rings is 1. The average molecular weight is 325 g/mol. The Morgan fingerprint density at radius 1 is 1.08 bits per heavy atom. The highest BCUT2D eigenvalue weighted by Gasteiger charge is 2.15. The average Bonchev–Trinajstić information content (AvgIpc) is 3.28. The van der Waals surface area contributed by atoms with Gasteiger partial charge in [0.25, 0.3) is 5.89 Å². The first-order valence-corrected chi connectivity index (χ1v) is 8.06. The van der Waals surface area contributed by atoms with Gasteiger partial charge in [-0.15, -0.1) is 0 Å². The summed E-state index contributed by atoms with van der Waals surface area (Å²) in [6.45, 7) is 4.75. The molecule has 24 heavy (non-hydrogen) atoms. The minimum atomic E-state index is 0.556. The molecule has 7 heteroatoms. The van der Waals surface area contributed by atoms with Crippen molar-refractivity contribution in [3.8, 4) is 11.5 Å². The summed E-state index contributed by atoms with van der Waals surface area (Å²) in [6, 6.07) is 10.0. The summed E-state index contributed by atoms with van der Waals surface area (Å²) in [5.41, 5.74) is 2.07. The second-order valence-electron chi connectivity index (χ2n) is 5.81. The monoisotopic (exact) mass is 325 g/mol. The van der Waals surface area contributed by atoms with Gasteiger partial charge in [0.2, 0.25) is 0 Å². The maximum atomic E-state index is 5.44. The maximum absolute atomic E-state index is 5.44. The van der Waals surface area contributed by atoms with Crippen molar-refractivity contribution < 1.29 is 9.26 Å². The van der Waals surface area contributed by atoms with Crippen LogP contribution in [0.1, 0.15) is 11.4 Å². The quantitative estimate of drug-likeness (QED) is 0.713. The Kier molecular flexibility index (Phi) is 4.35. The zero-order chi connectivity index (χ0) is 16.2. The van der Waals surface area contributed by atoms with E-state index in [1.165, 1.54) is 0 Å². The summed E-state index contributed by atoms with van der Waals surface area (Å²) >= 11 is 0. The zero-order valence-corrected chi connectivity index (χ0v) is 13.3. The van der Waals surface area contributed by atoms with Crippen LogP contribution in [0, 0.1) is 0 Å². The van der Waals surface area contributed by atoms with E-state index in [4.69, 9.17) is 9.26 Å². The molecule has 3 aromatic rings. The van der Waals surface area contributed by atoms with Crippen LogP contribution >= 0.6 is 0 Å². The summed E-state index contributed by atoms with van der Waals surface area (Å²) in [6.07, 6.45) is 3.72. The molecule has 1 aromatic carbocycles. The van der Waals surface area contributed by atoms with Gasteiger partial charge in [0.15, 0.2) is 5.82 Å². The lowest BCUT2D eigenvalue weighted by Gasteiger charge is -2.24. The zero-order valence-electron chi connectivity index (χ0n) is 13.3. The molecule has 0 amide bonds. The van der Waals surface area contributed by atoms with Crippen molar-refractivity contribution in [2.24, 2.45) is 0 Å². The van der Waals surface area contributed by atoms with E-state index in [9.17, 15) is 0 Å². The molecule has 0 saturated carbocycles. The van der Waals surface area contributed by atoms with Gasteiger partial charge in [-0.3, -0.25) is 9.58 Å². The predicted molar refractivity (Wildman–Crippen MR) is 87.2 cm³/mol. The molecule has 0 atom stereocenters. The fourth-order valence-electron chi connectivity index (χ4n) is 2.78. The highest BCUT2D eigenvalue weighted by molar-refractivity contribution is 5.54. The first kappa shape index (κ1) is 15.0. The molecule has 0 spiro atoms. The molecule has 1 aliphatic heterocycles. The van der Waals surface area contributed by atoms with E-state index in [1.54, 1.807) is 6.20 Å². The summed E-state index contributed by atoms with van der Waals surface area (Å²) < 4.78 is 12.7. The second kappa shape index (κ2) is 6.94. The number of nitrogens with zero attached hydrogens (tertiary/aromatic N) is 5. The third kappa shape index (κ3) is 3.52. The Balaban J connectivity index is 1.47. The highest BCUT2D eigenvalue weighted by Crippen LogP contribution is 2.19. The van der Waals surface area contributed by atoms with Crippen molar-refractivity contribution in [3.63, 3.8) is 0 Å². The van der Waals surface area contributed by atoms with E-state index in [-0.39, 0.29) is 0 Å². The molecule has 1 fully saturated rings. The smallest absolute Gasteiger partial charge is 0.257 e. The minimum Gasteiger partial charge on any atom is -0.379 e. The van der Waals surface area contributed by atoms with E-state index >= 15 is 0 Å². The van der Waals surface area contributed by atoms with Gasteiger partial charge in [-0.2, -0.15) is 10.1 Å². The van der Waals surface area contributed by atoms with Crippen molar-refractivity contribution >= 4 is 0 Å². The lowest BCUT2D eigenvalue weighted by Crippen LogP contribution is -2.35. The number of hydrogen-bond acceptors (Lipinski definition) is 6. The van der Waals surface area contributed by atoms with Crippen LogP contribution in [0.5, 0.6) is 0 Å². The Morgan fingerprint density at radius 2 is 2.00 bits per heavy atom. The largest absolute Gasteiger partial charge is 0.379 e. The lowest BCUT2D eigenvalue weighted by atomic mass is 10.1. The van der Waals surface area contributed by atoms with Crippen LogP contribution in [0.2, 0.25) is 0 Å². The molecule has 1 aliphatic rings. The van der Waals surface area contributed by atoms with Crippen LogP contribution in [-0.2, 0) is 17.8 Å². The molecule has 124 valence electrons. The van der Waals surface area contributed by atoms with E-state index in [0.29, 0.717) is 18.3 Å². The Hall–Kier alpha value is -2.51. The predicted octanol–water partition coefficient (Wildman–Crippen LogP) is 1.81. The number of aromatic nitrogens is 4. The molecule has 2 aromatic heterocycles. The first-order valence-electron chi connectivity index (χ1n) is 8.06. The van der Waals surface area contributed by atoms with Gasteiger partial charge in [-0.25, -0.2) is 0 Å². The van der Waals surface area contributed by atoms with E-state index in [1.807, 2.05) is 29.1 Å². The molecule has 0 radical (unpaired) electrons. The van der Waals surface area contributed by atoms with Gasteiger partial charge >= 0.3 is 0 Å². The summed E-state index contributed by atoms with van der Waals surface area (Å²) in [5, 5.41) is 8.34.